The number of carboxylic acids is 1. The molecule has 9 heteroatoms. The average Bonchev–Trinajstić information content (AvgIpc) is 3.19. The number of ether oxygens (including phenoxy) is 2. The highest BCUT2D eigenvalue weighted by Gasteiger charge is 2.41. The van der Waals surface area contributed by atoms with Gasteiger partial charge in [-0.25, -0.2) is 9.59 Å². The molecule has 35 heavy (non-hydrogen) atoms. The molecule has 1 aliphatic carbocycles. The van der Waals surface area contributed by atoms with Crippen LogP contribution >= 0.6 is 0 Å². The molecule has 9 nitrogen and oxygen atoms in total. The van der Waals surface area contributed by atoms with Crippen molar-refractivity contribution >= 4 is 18.0 Å². The van der Waals surface area contributed by atoms with Crippen LogP contribution in [-0.4, -0.2) is 78.1 Å². The SMILES string of the molecule is COC(CCNC(=O)OCC1c2ccccc2-c2ccccc21)C(=O)N1CCC(O)(C(=O)O)CC1. The fourth-order valence-corrected chi connectivity index (χ4v) is 4.81. The van der Waals surface area contributed by atoms with Crippen LogP contribution in [0.5, 0.6) is 0 Å². The van der Waals surface area contributed by atoms with E-state index in [2.05, 4.69) is 17.4 Å². The van der Waals surface area contributed by atoms with E-state index in [1.807, 2.05) is 36.4 Å². The number of alkyl carbamates (subject to hydrolysis) is 1. The van der Waals surface area contributed by atoms with Gasteiger partial charge in [-0.2, -0.15) is 0 Å². The lowest BCUT2D eigenvalue weighted by Crippen LogP contribution is -2.53. The second-order valence-electron chi connectivity index (χ2n) is 8.93. The third-order valence-electron chi connectivity index (χ3n) is 6.88. The van der Waals surface area contributed by atoms with Gasteiger partial charge in [0.05, 0.1) is 0 Å². The summed E-state index contributed by atoms with van der Waals surface area (Å²) in [6, 6.07) is 16.2. The number of rotatable bonds is 8. The van der Waals surface area contributed by atoms with Crippen LogP contribution in [0.15, 0.2) is 48.5 Å². The number of hydrogen-bond acceptors (Lipinski definition) is 6. The molecule has 2 aliphatic rings. The fraction of sp³-hybridized carbons (Fsp3) is 0.423. The van der Waals surface area contributed by atoms with Crippen LogP contribution in [0.4, 0.5) is 4.79 Å². The number of aliphatic hydroxyl groups is 1. The zero-order valence-corrected chi connectivity index (χ0v) is 19.6. The quantitative estimate of drug-likeness (QED) is 0.527. The number of hydrogen-bond donors (Lipinski definition) is 3. The fourth-order valence-electron chi connectivity index (χ4n) is 4.81. The maximum absolute atomic E-state index is 12.7. The van der Waals surface area contributed by atoms with Gasteiger partial charge in [0.25, 0.3) is 5.91 Å². The summed E-state index contributed by atoms with van der Waals surface area (Å²) in [6.07, 6.45) is -1.21. The lowest BCUT2D eigenvalue weighted by atomic mass is 9.91. The number of likely N-dealkylation sites (tertiary alicyclic amines) is 1. The molecule has 0 bridgehead atoms. The molecule has 0 spiro atoms. The predicted molar refractivity (Wildman–Crippen MR) is 127 cm³/mol. The van der Waals surface area contributed by atoms with Crippen molar-refractivity contribution in [2.24, 2.45) is 0 Å². The van der Waals surface area contributed by atoms with Crippen LogP contribution in [0.1, 0.15) is 36.3 Å². The molecule has 1 saturated heterocycles. The molecular formula is C26H30N2O7. The number of nitrogens with zero attached hydrogens (tertiary/aromatic N) is 1. The number of carboxylic acid groups (broad SMARTS) is 1. The second-order valence-corrected chi connectivity index (χ2v) is 8.93. The Morgan fingerprint density at radius 3 is 2.17 bits per heavy atom. The first-order valence-electron chi connectivity index (χ1n) is 11.7. The number of nitrogens with one attached hydrogen (secondary N) is 1. The smallest absolute Gasteiger partial charge is 0.407 e. The summed E-state index contributed by atoms with van der Waals surface area (Å²) in [5, 5.41) is 21.9. The maximum Gasteiger partial charge on any atom is 0.407 e. The van der Waals surface area contributed by atoms with Gasteiger partial charge in [-0.3, -0.25) is 4.79 Å². The summed E-state index contributed by atoms with van der Waals surface area (Å²) in [4.78, 5) is 37.8. The Morgan fingerprint density at radius 1 is 1.06 bits per heavy atom. The van der Waals surface area contributed by atoms with Gasteiger partial charge in [-0.1, -0.05) is 48.5 Å². The van der Waals surface area contributed by atoms with Crippen molar-refractivity contribution in [3.05, 3.63) is 59.7 Å². The van der Waals surface area contributed by atoms with Crippen molar-refractivity contribution < 1.29 is 34.1 Å². The topological polar surface area (TPSA) is 125 Å². The standard InChI is InChI=1S/C26H30N2O7/c1-34-22(23(29)28-14-11-26(33,12-15-28)24(30)31)10-13-27-25(32)35-16-21-19-8-4-2-6-17(19)18-7-3-5-9-20(18)21/h2-9,21-22,33H,10-16H2,1H3,(H,27,32)(H,30,31). The molecule has 2 amide bonds. The van der Waals surface area contributed by atoms with Gasteiger partial charge in [0.15, 0.2) is 5.60 Å². The van der Waals surface area contributed by atoms with E-state index in [1.165, 1.54) is 12.0 Å². The molecule has 0 aromatic heterocycles. The number of fused-ring (bicyclic) bond motifs is 3. The highest BCUT2D eigenvalue weighted by Crippen LogP contribution is 2.44. The highest BCUT2D eigenvalue weighted by atomic mass is 16.5. The van der Waals surface area contributed by atoms with E-state index in [4.69, 9.17) is 14.6 Å². The largest absolute Gasteiger partial charge is 0.479 e. The number of aliphatic carboxylic acids is 1. The van der Waals surface area contributed by atoms with Gasteiger partial charge in [0.1, 0.15) is 12.7 Å². The zero-order chi connectivity index (χ0) is 25.0. The van der Waals surface area contributed by atoms with Crippen molar-refractivity contribution in [3.8, 4) is 11.1 Å². The minimum Gasteiger partial charge on any atom is -0.479 e. The molecule has 2 aromatic carbocycles. The number of carbonyl (C=O) groups excluding carboxylic acids is 2. The Morgan fingerprint density at radius 2 is 1.63 bits per heavy atom. The van der Waals surface area contributed by atoms with Gasteiger partial charge >= 0.3 is 12.1 Å². The Hall–Kier alpha value is -3.43. The highest BCUT2D eigenvalue weighted by molar-refractivity contribution is 5.82. The van der Waals surface area contributed by atoms with Gasteiger partial charge in [-0.05, 0) is 22.3 Å². The van der Waals surface area contributed by atoms with Gasteiger partial charge in [0, 0.05) is 51.9 Å². The molecule has 0 radical (unpaired) electrons. The summed E-state index contributed by atoms with van der Waals surface area (Å²) in [5.41, 5.74) is 2.76. The normalized spacial score (nSPS) is 17.3. The van der Waals surface area contributed by atoms with Crippen molar-refractivity contribution in [1.29, 1.82) is 0 Å². The number of piperidine rings is 1. The van der Waals surface area contributed by atoms with E-state index < -0.39 is 23.8 Å². The van der Waals surface area contributed by atoms with Crippen LogP contribution in [-0.2, 0) is 19.1 Å². The third kappa shape index (κ3) is 5.16. The monoisotopic (exact) mass is 482 g/mol. The minimum absolute atomic E-state index is 0.0370. The molecule has 2 aromatic rings. The third-order valence-corrected chi connectivity index (χ3v) is 6.88. The molecule has 1 fully saturated rings. The average molecular weight is 483 g/mol. The molecule has 1 unspecified atom stereocenters. The molecule has 1 heterocycles. The first-order chi connectivity index (χ1) is 16.8. The van der Waals surface area contributed by atoms with Crippen molar-refractivity contribution in [1.82, 2.24) is 10.2 Å². The lowest BCUT2D eigenvalue weighted by Gasteiger charge is -2.36. The summed E-state index contributed by atoms with van der Waals surface area (Å²) in [7, 11) is 1.41. The first kappa shape index (κ1) is 24.7. The van der Waals surface area contributed by atoms with Crippen molar-refractivity contribution in [2.75, 3.05) is 33.4 Å². The first-order valence-corrected chi connectivity index (χ1v) is 11.7. The van der Waals surface area contributed by atoms with Gasteiger partial charge < -0.3 is 29.9 Å². The second kappa shape index (κ2) is 10.5. The summed E-state index contributed by atoms with van der Waals surface area (Å²) >= 11 is 0. The van der Waals surface area contributed by atoms with Gasteiger partial charge in [-0.15, -0.1) is 0 Å². The molecule has 0 saturated carbocycles. The summed E-state index contributed by atoms with van der Waals surface area (Å²) in [5.74, 6) is -1.61. The van der Waals surface area contributed by atoms with E-state index in [1.54, 1.807) is 0 Å². The van der Waals surface area contributed by atoms with Crippen molar-refractivity contribution in [3.63, 3.8) is 0 Å². The predicted octanol–water partition coefficient (Wildman–Crippen LogP) is 2.37. The molecule has 186 valence electrons. The number of amides is 2. The Balaban J connectivity index is 1.25. The van der Waals surface area contributed by atoms with Gasteiger partial charge in [0.2, 0.25) is 0 Å². The molecule has 3 N–H and O–H groups in total. The molecule has 1 aliphatic heterocycles. The van der Waals surface area contributed by atoms with E-state index in [0.29, 0.717) is 0 Å². The van der Waals surface area contributed by atoms with E-state index in [-0.39, 0.29) is 57.3 Å². The Kier molecular flexibility index (Phi) is 7.37. The van der Waals surface area contributed by atoms with Crippen molar-refractivity contribution in [2.45, 2.75) is 36.9 Å². The van der Waals surface area contributed by atoms with Crippen LogP contribution in [0.2, 0.25) is 0 Å². The summed E-state index contributed by atoms with van der Waals surface area (Å²) in [6.45, 7) is 0.628. The van der Waals surface area contributed by atoms with E-state index in [0.717, 1.165) is 22.3 Å². The Labute approximate surface area is 203 Å². The minimum atomic E-state index is -1.80. The molecule has 1 atom stereocenters. The molecule has 4 rings (SSSR count). The zero-order valence-electron chi connectivity index (χ0n) is 19.6. The van der Waals surface area contributed by atoms with E-state index in [9.17, 15) is 19.5 Å². The Bertz CT molecular complexity index is 1050. The molecular weight excluding hydrogens is 452 g/mol. The number of benzene rings is 2. The van der Waals surface area contributed by atoms with Crippen LogP contribution < -0.4 is 5.32 Å². The van der Waals surface area contributed by atoms with Crippen LogP contribution in [0.3, 0.4) is 0 Å². The van der Waals surface area contributed by atoms with Crippen LogP contribution in [0.25, 0.3) is 11.1 Å². The maximum atomic E-state index is 12.7. The summed E-state index contributed by atoms with van der Waals surface area (Å²) < 4.78 is 10.8. The van der Waals surface area contributed by atoms with E-state index >= 15 is 0 Å². The number of carbonyl (C=O) groups is 3. The lowest BCUT2D eigenvalue weighted by molar-refractivity contribution is -0.167. The number of methoxy groups -OCH3 is 1. The van der Waals surface area contributed by atoms with Crippen LogP contribution in [0, 0.1) is 0 Å².